The zero-order chi connectivity index (χ0) is 47.7. The van der Waals surface area contributed by atoms with E-state index in [0.717, 1.165) is 95.8 Å². The van der Waals surface area contributed by atoms with Gasteiger partial charge in [-0.1, -0.05) is 117 Å². The monoisotopic (exact) mass is 901 g/mol. The lowest BCUT2D eigenvalue weighted by atomic mass is 9.87. The molecule has 0 aliphatic carbocycles. The van der Waals surface area contributed by atoms with Crippen LogP contribution in [0.1, 0.15) is 59.7 Å². The summed E-state index contributed by atoms with van der Waals surface area (Å²) in [5.41, 5.74) is 19.9. The Labute approximate surface area is 405 Å². The molecule has 0 radical (unpaired) electrons. The Morgan fingerprint density at radius 2 is 1.00 bits per heavy atom. The van der Waals surface area contributed by atoms with Crippen molar-refractivity contribution >= 4 is 40.2 Å². The van der Waals surface area contributed by atoms with Crippen molar-refractivity contribution in [3.63, 3.8) is 0 Å². The Morgan fingerprint density at radius 3 is 1.61 bits per heavy atom. The van der Waals surface area contributed by atoms with E-state index in [-0.39, 0.29) is 5.41 Å². The molecule has 0 unspecified atom stereocenters. The SMILES string of the molecule is Cc1cc(C)c(-c2nc(-c3c(C)cc(C)cc3C)nc(N3CN(c4cccc(Oc5ccc6c(c5)N(c5cc(C(C)(C)C)ccn5)c5ccccc5-c5ccccc5-6)c4)c4ccccc43)n2)c(C)c1. The Kier molecular flexibility index (Phi) is 10.6. The zero-order valence-corrected chi connectivity index (χ0v) is 40.8. The third-order valence-corrected chi connectivity index (χ3v) is 13.5. The molecular formula is C61H55N7O. The first-order valence-electron chi connectivity index (χ1n) is 23.7. The largest absolute Gasteiger partial charge is 0.457 e. The maximum atomic E-state index is 6.89. The topological polar surface area (TPSA) is 70.5 Å². The van der Waals surface area contributed by atoms with Gasteiger partial charge in [-0.3, -0.25) is 9.80 Å². The summed E-state index contributed by atoms with van der Waals surface area (Å²) in [5.74, 6) is 4.22. The van der Waals surface area contributed by atoms with Gasteiger partial charge < -0.3 is 9.64 Å². The van der Waals surface area contributed by atoms with Crippen molar-refractivity contribution in [2.75, 3.05) is 21.4 Å². The summed E-state index contributed by atoms with van der Waals surface area (Å²) in [6, 6.07) is 53.7. The van der Waals surface area contributed by atoms with Gasteiger partial charge in [0.1, 0.15) is 24.0 Å². The number of para-hydroxylation sites is 3. The number of benzene rings is 7. The summed E-state index contributed by atoms with van der Waals surface area (Å²) in [6.07, 6.45) is 1.93. The lowest BCUT2D eigenvalue weighted by Crippen LogP contribution is -2.26. The standard InChI is InChI=1S/C61H55N7O/c1-37-29-39(3)56(40(4)30-37)58-63-59(57-41(5)31-38(2)32-42(57)6)65-60(64-58)67-36-66(52-23-14-15-24-53(52)67)44-17-16-18-45(34-44)69-46-25-26-50-48-20-11-10-19-47(48)49-21-12-13-22-51(49)68(54(50)35-46)55-33-43(27-28-62-55)61(7,8)9/h10-35H,36H2,1-9H3. The van der Waals surface area contributed by atoms with Crippen molar-refractivity contribution in [1.29, 1.82) is 0 Å². The second-order valence-corrected chi connectivity index (χ2v) is 19.6. The Morgan fingerprint density at radius 1 is 0.464 bits per heavy atom. The third-order valence-electron chi connectivity index (χ3n) is 13.5. The van der Waals surface area contributed by atoms with E-state index < -0.39 is 0 Å². The number of fused-ring (bicyclic) bond motifs is 6. The van der Waals surface area contributed by atoms with E-state index in [1.165, 1.54) is 22.3 Å². The minimum atomic E-state index is -0.0612. The molecule has 4 heterocycles. The first-order valence-corrected chi connectivity index (χ1v) is 23.7. The molecule has 0 bridgehead atoms. The molecule has 0 saturated heterocycles. The van der Waals surface area contributed by atoms with Gasteiger partial charge in [0.05, 0.1) is 22.7 Å². The van der Waals surface area contributed by atoms with Gasteiger partial charge in [-0.2, -0.15) is 9.97 Å². The number of rotatable bonds is 7. The third kappa shape index (κ3) is 7.85. The van der Waals surface area contributed by atoms with Gasteiger partial charge in [-0.15, -0.1) is 0 Å². The van der Waals surface area contributed by atoms with Gasteiger partial charge in [-0.05, 0) is 140 Å². The molecule has 0 fully saturated rings. The van der Waals surface area contributed by atoms with Crippen LogP contribution < -0.4 is 19.4 Å². The van der Waals surface area contributed by atoms with Gasteiger partial charge in [0, 0.05) is 46.3 Å². The Bertz CT molecular complexity index is 3380. The highest BCUT2D eigenvalue weighted by Crippen LogP contribution is 2.52. The molecule has 7 aromatic carbocycles. The van der Waals surface area contributed by atoms with Crippen LogP contribution in [-0.4, -0.2) is 26.6 Å². The molecule has 11 rings (SSSR count). The molecule has 0 N–H and O–H groups in total. The van der Waals surface area contributed by atoms with Crippen molar-refractivity contribution in [1.82, 2.24) is 19.9 Å². The summed E-state index contributed by atoms with van der Waals surface area (Å²) in [4.78, 5) is 27.6. The maximum Gasteiger partial charge on any atom is 0.235 e. The quantitative estimate of drug-likeness (QED) is 0.157. The number of hydrogen-bond donors (Lipinski definition) is 0. The van der Waals surface area contributed by atoms with Crippen LogP contribution >= 0.6 is 0 Å². The number of aryl methyl sites for hydroxylation is 6. The normalized spacial score (nSPS) is 12.9. The molecule has 8 heteroatoms. The van der Waals surface area contributed by atoms with Gasteiger partial charge >= 0.3 is 0 Å². The van der Waals surface area contributed by atoms with Crippen LogP contribution in [-0.2, 0) is 5.41 Å². The molecule has 69 heavy (non-hydrogen) atoms. The molecular weight excluding hydrogens is 847 g/mol. The van der Waals surface area contributed by atoms with Gasteiger partial charge in [0.2, 0.25) is 5.95 Å². The number of aromatic nitrogens is 4. The lowest BCUT2D eigenvalue weighted by Gasteiger charge is -2.28. The predicted octanol–water partition coefficient (Wildman–Crippen LogP) is 15.9. The van der Waals surface area contributed by atoms with Crippen LogP contribution in [0.15, 0.2) is 158 Å². The second-order valence-electron chi connectivity index (χ2n) is 19.6. The van der Waals surface area contributed by atoms with E-state index in [4.69, 9.17) is 24.7 Å². The summed E-state index contributed by atoms with van der Waals surface area (Å²) in [6.45, 7) is 20.1. The number of anilines is 7. The highest BCUT2D eigenvalue weighted by atomic mass is 16.5. The first kappa shape index (κ1) is 43.5. The van der Waals surface area contributed by atoms with Crippen molar-refractivity contribution in [3.8, 4) is 56.5 Å². The lowest BCUT2D eigenvalue weighted by molar-refractivity contribution is 0.483. The summed E-state index contributed by atoms with van der Waals surface area (Å²) in [7, 11) is 0. The molecule has 2 aliphatic rings. The van der Waals surface area contributed by atoms with E-state index in [2.05, 4.69) is 223 Å². The van der Waals surface area contributed by atoms with Crippen LogP contribution in [0.4, 0.5) is 40.2 Å². The molecule has 8 nitrogen and oxygen atoms in total. The molecule has 2 aromatic heterocycles. The van der Waals surface area contributed by atoms with E-state index in [0.29, 0.717) is 24.3 Å². The molecule has 340 valence electrons. The van der Waals surface area contributed by atoms with Crippen LogP contribution in [0.3, 0.4) is 0 Å². The second kappa shape index (κ2) is 16.9. The summed E-state index contributed by atoms with van der Waals surface area (Å²) >= 11 is 0. The average Bonchev–Trinajstić information content (AvgIpc) is 3.66. The van der Waals surface area contributed by atoms with Gasteiger partial charge in [0.25, 0.3) is 0 Å². The molecule has 0 saturated carbocycles. The molecule has 0 atom stereocenters. The van der Waals surface area contributed by atoms with Gasteiger partial charge in [-0.25, -0.2) is 9.97 Å². The van der Waals surface area contributed by atoms with E-state index in [9.17, 15) is 0 Å². The molecule has 0 amide bonds. The molecule has 2 aliphatic heterocycles. The highest BCUT2D eigenvalue weighted by Gasteiger charge is 2.32. The van der Waals surface area contributed by atoms with Crippen LogP contribution in [0.25, 0.3) is 45.0 Å². The van der Waals surface area contributed by atoms with Crippen LogP contribution in [0.2, 0.25) is 0 Å². The zero-order valence-electron chi connectivity index (χ0n) is 40.8. The number of ether oxygens (including phenoxy) is 1. The van der Waals surface area contributed by atoms with Crippen LogP contribution in [0, 0.1) is 41.5 Å². The van der Waals surface area contributed by atoms with Crippen LogP contribution in [0.5, 0.6) is 11.5 Å². The predicted molar refractivity (Wildman–Crippen MR) is 283 cm³/mol. The fourth-order valence-corrected chi connectivity index (χ4v) is 10.5. The van der Waals surface area contributed by atoms with Crippen molar-refractivity contribution in [2.45, 2.75) is 67.7 Å². The van der Waals surface area contributed by atoms with Gasteiger partial charge in [0.15, 0.2) is 11.6 Å². The fourth-order valence-electron chi connectivity index (χ4n) is 10.5. The van der Waals surface area contributed by atoms with Crippen molar-refractivity contribution in [2.24, 2.45) is 0 Å². The Hall–Kier alpha value is -8.10. The van der Waals surface area contributed by atoms with Crippen molar-refractivity contribution < 1.29 is 4.74 Å². The highest BCUT2D eigenvalue weighted by molar-refractivity contribution is 6.02. The first-order chi connectivity index (χ1) is 33.3. The number of pyridine rings is 1. The van der Waals surface area contributed by atoms with E-state index in [1.54, 1.807) is 0 Å². The van der Waals surface area contributed by atoms with E-state index >= 15 is 0 Å². The maximum absolute atomic E-state index is 6.89. The average molecular weight is 902 g/mol. The minimum Gasteiger partial charge on any atom is -0.457 e. The molecule has 9 aromatic rings. The van der Waals surface area contributed by atoms with E-state index in [1.807, 2.05) is 12.3 Å². The fraction of sp³-hybridized carbons (Fsp3) is 0.180. The smallest absolute Gasteiger partial charge is 0.235 e. The summed E-state index contributed by atoms with van der Waals surface area (Å²) in [5, 5.41) is 0. The summed E-state index contributed by atoms with van der Waals surface area (Å²) < 4.78 is 6.89. The van der Waals surface area contributed by atoms with Crippen molar-refractivity contribution in [3.05, 3.63) is 197 Å². The number of nitrogens with zero attached hydrogens (tertiary/aromatic N) is 7. The minimum absolute atomic E-state index is 0.0612. The number of hydrogen-bond acceptors (Lipinski definition) is 8. The Balaban J connectivity index is 0.983. The molecule has 0 spiro atoms.